The third-order valence-electron chi connectivity index (χ3n) is 8.04. The Morgan fingerprint density at radius 2 is 2.12 bits per heavy atom. The summed E-state index contributed by atoms with van der Waals surface area (Å²) in [5.74, 6) is 0.331. The van der Waals surface area contributed by atoms with E-state index in [0.29, 0.717) is 29.5 Å². The van der Waals surface area contributed by atoms with E-state index >= 15 is 0 Å². The lowest BCUT2D eigenvalue weighted by Crippen LogP contribution is -2.50. The average Bonchev–Trinajstić information content (AvgIpc) is 3.58. The van der Waals surface area contributed by atoms with Gasteiger partial charge in [0.25, 0.3) is 0 Å². The molecular formula is C25H33FN4O2. The molecule has 4 fully saturated rings. The van der Waals surface area contributed by atoms with E-state index in [4.69, 9.17) is 4.74 Å². The number of likely N-dealkylation sites (tertiary alicyclic amines) is 1. The van der Waals surface area contributed by atoms with E-state index in [1.54, 1.807) is 12.1 Å². The zero-order chi connectivity index (χ0) is 22.1. The van der Waals surface area contributed by atoms with Gasteiger partial charge in [-0.2, -0.15) is 5.26 Å². The normalized spacial score (nSPS) is 31.5. The summed E-state index contributed by atoms with van der Waals surface area (Å²) in [6, 6.07) is 7.63. The van der Waals surface area contributed by atoms with Gasteiger partial charge < -0.3 is 15.4 Å². The van der Waals surface area contributed by atoms with Crippen molar-refractivity contribution in [3.05, 3.63) is 35.1 Å². The summed E-state index contributed by atoms with van der Waals surface area (Å²) in [4.78, 5) is 15.1. The van der Waals surface area contributed by atoms with Crippen LogP contribution in [0.25, 0.3) is 0 Å². The van der Waals surface area contributed by atoms with E-state index in [1.165, 1.54) is 0 Å². The van der Waals surface area contributed by atoms with Crippen LogP contribution in [-0.4, -0.2) is 61.3 Å². The van der Waals surface area contributed by atoms with Crippen LogP contribution < -0.4 is 10.6 Å². The summed E-state index contributed by atoms with van der Waals surface area (Å²) in [6.07, 6.45) is 6.60. The average molecular weight is 441 g/mol. The molecule has 1 saturated carbocycles. The van der Waals surface area contributed by atoms with Gasteiger partial charge in [-0.15, -0.1) is 0 Å². The highest BCUT2D eigenvalue weighted by Gasteiger charge is 2.43. The van der Waals surface area contributed by atoms with Gasteiger partial charge in [-0.3, -0.25) is 9.69 Å². The van der Waals surface area contributed by atoms with Crippen LogP contribution in [0.1, 0.15) is 55.6 Å². The number of carbonyl (C=O) groups is 1. The molecule has 3 saturated heterocycles. The third-order valence-corrected chi connectivity index (χ3v) is 8.04. The minimum atomic E-state index is -0.722. The highest BCUT2D eigenvalue weighted by molar-refractivity contribution is 5.83. The second-order valence-corrected chi connectivity index (χ2v) is 9.99. The van der Waals surface area contributed by atoms with E-state index in [1.807, 2.05) is 6.07 Å². The number of nitrogens with zero attached hydrogens (tertiary/aromatic N) is 2. The Bertz CT molecular complexity index is 873. The summed E-state index contributed by atoms with van der Waals surface area (Å²) in [6.45, 7) is 3.76. The molecular weight excluding hydrogens is 407 g/mol. The molecule has 4 unspecified atom stereocenters. The number of halogens is 1. The Labute approximate surface area is 189 Å². The van der Waals surface area contributed by atoms with Gasteiger partial charge in [0.05, 0.1) is 18.7 Å². The monoisotopic (exact) mass is 440 g/mol. The second kappa shape index (κ2) is 9.46. The third kappa shape index (κ3) is 4.54. The van der Waals surface area contributed by atoms with Gasteiger partial charge in [-0.1, -0.05) is 12.1 Å². The van der Waals surface area contributed by atoms with Crippen LogP contribution in [-0.2, 0) is 16.0 Å². The van der Waals surface area contributed by atoms with Crippen molar-refractivity contribution >= 4 is 5.91 Å². The number of piperidine rings is 2. The second-order valence-electron chi connectivity index (χ2n) is 9.99. The first kappa shape index (κ1) is 21.8. The maximum atomic E-state index is 14.9. The molecule has 0 spiro atoms. The molecule has 172 valence electrons. The van der Waals surface area contributed by atoms with Crippen LogP contribution in [0.4, 0.5) is 4.39 Å². The fourth-order valence-corrected chi connectivity index (χ4v) is 6.15. The number of rotatable bonds is 6. The van der Waals surface area contributed by atoms with Gasteiger partial charge in [-0.05, 0) is 80.6 Å². The first-order valence-corrected chi connectivity index (χ1v) is 12.2. The summed E-state index contributed by atoms with van der Waals surface area (Å²) in [5, 5.41) is 15.7. The van der Waals surface area contributed by atoms with Crippen LogP contribution in [0, 0.1) is 23.1 Å². The van der Waals surface area contributed by atoms with Crippen molar-refractivity contribution in [2.24, 2.45) is 5.92 Å². The van der Waals surface area contributed by atoms with Gasteiger partial charge in [0, 0.05) is 25.1 Å². The standard InChI is InChI=1S/C25H33FN4O2/c26-23-13-17(16-5-8-30(9-6-16)22-7-10-32-15-22)1-2-18(23)11-21(14-27)29-25(31)24-19-3-4-20(12-19)28-24/h1-2,13,16,19-22,24,28H,3-12,15H2,(H,29,31)/t19?,20?,21-,22?,24?/m0/s1. The first-order chi connectivity index (χ1) is 15.6. The molecule has 32 heavy (non-hydrogen) atoms. The number of ether oxygens (including phenoxy) is 1. The van der Waals surface area contributed by atoms with Crippen molar-refractivity contribution < 1.29 is 13.9 Å². The summed E-state index contributed by atoms with van der Waals surface area (Å²) >= 11 is 0. The van der Waals surface area contributed by atoms with Crippen molar-refractivity contribution in [3.8, 4) is 6.07 Å². The fourth-order valence-electron chi connectivity index (χ4n) is 6.15. The molecule has 6 nitrogen and oxygen atoms in total. The van der Waals surface area contributed by atoms with Gasteiger partial charge in [0.15, 0.2) is 0 Å². The Hall–Kier alpha value is -2.01. The van der Waals surface area contributed by atoms with Crippen molar-refractivity contribution in [2.45, 2.75) is 75.0 Å². The van der Waals surface area contributed by atoms with Crippen molar-refractivity contribution in [3.63, 3.8) is 0 Å². The number of nitriles is 1. The van der Waals surface area contributed by atoms with Gasteiger partial charge in [0.2, 0.25) is 5.91 Å². The topological polar surface area (TPSA) is 77.4 Å². The number of benzene rings is 1. The van der Waals surface area contributed by atoms with Crippen LogP contribution in [0.15, 0.2) is 18.2 Å². The Morgan fingerprint density at radius 1 is 1.28 bits per heavy atom. The highest BCUT2D eigenvalue weighted by atomic mass is 19.1. The molecule has 2 bridgehead atoms. The molecule has 1 aliphatic carbocycles. The Kier molecular flexibility index (Phi) is 6.45. The molecule has 1 aromatic rings. The number of hydrogen-bond acceptors (Lipinski definition) is 5. The molecule has 1 amide bonds. The van der Waals surface area contributed by atoms with Gasteiger partial charge in [-0.25, -0.2) is 4.39 Å². The van der Waals surface area contributed by atoms with Crippen LogP contribution >= 0.6 is 0 Å². The first-order valence-electron chi connectivity index (χ1n) is 12.2. The number of fused-ring (bicyclic) bond motifs is 2. The molecule has 4 aliphatic rings. The molecule has 0 radical (unpaired) electrons. The van der Waals surface area contributed by atoms with E-state index in [0.717, 1.165) is 70.4 Å². The number of nitrogens with one attached hydrogen (secondary N) is 2. The Balaban J connectivity index is 1.16. The predicted octanol–water partition coefficient (Wildman–Crippen LogP) is 2.49. The summed E-state index contributed by atoms with van der Waals surface area (Å²) in [7, 11) is 0. The van der Waals surface area contributed by atoms with Crippen molar-refractivity contribution in [2.75, 3.05) is 26.3 Å². The molecule has 3 aliphatic heterocycles. The lowest BCUT2D eigenvalue weighted by molar-refractivity contribution is -0.124. The molecule has 5 rings (SSSR count). The molecule has 1 aromatic carbocycles. The fraction of sp³-hybridized carbons (Fsp3) is 0.680. The number of carbonyl (C=O) groups excluding carboxylic acids is 1. The SMILES string of the molecule is N#C[C@H](Cc1ccc(C2CCN(C3CCOC3)CC2)cc1F)NC(=O)C1NC2CCC1C2. The maximum Gasteiger partial charge on any atom is 0.238 e. The number of hydrogen-bond donors (Lipinski definition) is 2. The molecule has 0 aromatic heterocycles. The lowest BCUT2D eigenvalue weighted by Gasteiger charge is -2.35. The highest BCUT2D eigenvalue weighted by Crippen LogP contribution is 2.35. The van der Waals surface area contributed by atoms with E-state index in [-0.39, 0.29) is 24.2 Å². The van der Waals surface area contributed by atoms with Crippen LogP contribution in [0.2, 0.25) is 0 Å². The van der Waals surface area contributed by atoms with Crippen molar-refractivity contribution in [1.82, 2.24) is 15.5 Å². The predicted molar refractivity (Wildman–Crippen MR) is 118 cm³/mol. The smallest absolute Gasteiger partial charge is 0.238 e. The minimum absolute atomic E-state index is 0.125. The Morgan fingerprint density at radius 3 is 2.75 bits per heavy atom. The zero-order valence-electron chi connectivity index (χ0n) is 18.6. The summed E-state index contributed by atoms with van der Waals surface area (Å²) < 4.78 is 20.4. The van der Waals surface area contributed by atoms with Crippen LogP contribution in [0.5, 0.6) is 0 Å². The zero-order valence-corrected chi connectivity index (χ0v) is 18.6. The van der Waals surface area contributed by atoms with Gasteiger partial charge in [0.1, 0.15) is 11.9 Å². The molecule has 3 heterocycles. The van der Waals surface area contributed by atoms with Crippen LogP contribution in [0.3, 0.4) is 0 Å². The van der Waals surface area contributed by atoms with Gasteiger partial charge >= 0.3 is 0 Å². The maximum absolute atomic E-state index is 14.9. The quantitative estimate of drug-likeness (QED) is 0.711. The van der Waals surface area contributed by atoms with Crippen molar-refractivity contribution in [1.29, 1.82) is 5.26 Å². The van der Waals surface area contributed by atoms with E-state index in [2.05, 4.69) is 21.6 Å². The van der Waals surface area contributed by atoms with E-state index in [9.17, 15) is 14.4 Å². The largest absolute Gasteiger partial charge is 0.380 e. The lowest BCUT2D eigenvalue weighted by atomic mass is 9.87. The number of amides is 1. The summed E-state index contributed by atoms with van der Waals surface area (Å²) in [5.41, 5.74) is 1.53. The van der Waals surface area contributed by atoms with E-state index < -0.39 is 6.04 Å². The molecule has 5 atom stereocenters. The minimum Gasteiger partial charge on any atom is -0.380 e. The molecule has 7 heteroatoms. The molecule has 2 N–H and O–H groups in total.